The number of rotatable bonds is 9. The first kappa shape index (κ1) is 22.6. The van der Waals surface area contributed by atoms with Crippen molar-refractivity contribution in [1.29, 1.82) is 0 Å². The van der Waals surface area contributed by atoms with Crippen molar-refractivity contribution in [2.45, 2.75) is 19.8 Å². The number of methoxy groups -OCH3 is 2. The molecule has 2 aromatic heterocycles. The van der Waals surface area contributed by atoms with E-state index in [9.17, 15) is 4.79 Å². The van der Waals surface area contributed by atoms with Gasteiger partial charge in [0.05, 0.1) is 35.8 Å². The summed E-state index contributed by atoms with van der Waals surface area (Å²) in [6.45, 7) is 3.10. The zero-order valence-corrected chi connectivity index (χ0v) is 19.4. The Hall–Kier alpha value is -3.59. The van der Waals surface area contributed by atoms with Crippen molar-refractivity contribution < 1.29 is 14.3 Å². The average molecular weight is 469 g/mol. The third kappa shape index (κ3) is 4.63. The monoisotopic (exact) mass is 468 g/mol. The molecule has 1 amide bonds. The number of ether oxygens (including phenoxy) is 2. The van der Waals surface area contributed by atoms with Crippen LogP contribution in [0.4, 0.5) is 5.82 Å². The molecular weight excluding hydrogens is 444 g/mol. The highest BCUT2D eigenvalue weighted by Gasteiger charge is 2.16. The second-order valence-electron chi connectivity index (χ2n) is 7.43. The number of unbranched alkanes of at least 4 members (excludes halogenated alkanes) is 1. The number of benzene rings is 2. The molecule has 0 spiro atoms. The summed E-state index contributed by atoms with van der Waals surface area (Å²) in [5.41, 5.74) is 2.68. The third-order valence-corrected chi connectivity index (χ3v) is 5.62. The highest BCUT2D eigenvalue weighted by molar-refractivity contribution is 6.33. The van der Waals surface area contributed by atoms with E-state index in [4.69, 9.17) is 26.1 Å². The smallest absolute Gasteiger partial charge is 0.252 e. The summed E-state index contributed by atoms with van der Waals surface area (Å²) in [7, 11) is 3.19. The van der Waals surface area contributed by atoms with Gasteiger partial charge < -0.3 is 20.1 Å². The molecule has 0 aliphatic rings. The van der Waals surface area contributed by atoms with Gasteiger partial charge in [0.25, 0.3) is 5.91 Å². The fraction of sp³-hybridized carbons (Fsp3) is 0.304. The van der Waals surface area contributed by atoms with E-state index in [-0.39, 0.29) is 5.91 Å². The van der Waals surface area contributed by atoms with Crippen LogP contribution in [0.25, 0.3) is 16.7 Å². The van der Waals surface area contributed by atoms with Crippen LogP contribution in [0.3, 0.4) is 0 Å². The summed E-state index contributed by atoms with van der Waals surface area (Å²) >= 11 is 6.07. The van der Waals surface area contributed by atoms with Crippen molar-refractivity contribution >= 4 is 40.0 Å². The topological polar surface area (TPSA) is 103 Å². The second kappa shape index (κ2) is 9.91. The number of carbonyl (C=O) groups excluding carboxylic acids is 1. The molecule has 0 aliphatic heterocycles. The molecular formula is C23H25ClN6O3. The Bertz CT molecular complexity index is 1310. The van der Waals surface area contributed by atoms with E-state index in [2.05, 4.69) is 20.8 Å². The Labute approximate surface area is 196 Å². The summed E-state index contributed by atoms with van der Waals surface area (Å²) in [4.78, 5) is 17.0. The summed E-state index contributed by atoms with van der Waals surface area (Å²) < 4.78 is 12.8. The molecule has 0 saturated carbocycles. The fourth-order valence-electron chi connectivity index (χ4n) is 3.62. The maximum atomic E-state index is 12.2. The number of hydrogen-bond acceptors (Lipinski definition) is 7. The van der Waals surface area contributed by atoms with Crippen LogP contribution in [0.15, 0.2) is 36.4 Å². The molecule has 0 radical (unpaired) electrons. The minimum Gasteiger partial charge on any atom is -0.493 e. The van der Waals surface area contributed by atoms with Crippen molar-refractivity contribution in [1.82, 2.24) is 24.9 Å². The van der Waals surface area contributed by atoms with Crippen LogP contribution in [-0.4, -0.2) is 52.8 Å². The predicted octanol–water partition coefficient (Wildman–Crippen LogP) is 3.88. The van der Waals surface area contributed by atoms with Crippen molar-refractivity contribution in [3.05, 3.63) is 52.8 Å². The molecule has 2 N–H and O–H groups in total. The number of halogens is 1. The van der Waals surface area contributed by atoms with Gasteiger partial charge >= 0.3 is 0 Å². The summed E-state index contributed by atoms with van der Waals surface area (Å²) in [5.74, 6) is 2.42. The van der Waals surface area contributed by atoms with Gasteiger partial charge in [-0.15, -0.1) is 10.2 Å². The minimum absolute atomic E-state index is 0.172. The maximum absolute atomic E-state index is 12.2. The van der Waals surface area contributed by atoms with Gasteiger partial charge in [0, 0.05) is 25.2 Å². The highest BCUT2D eigenvalue weighted by Crippen LogP contribution is 2.33. The molecule has 4 rings (SSSR count). The van der Waals surface area contributed by atoms with Gasteiger partial charge in [0.15, 0.2) is 17.3 Å². The van der Waals surface area contributed by atoms with E-state index in [1.807, 2.05) is 23.5 Å². The van der Waals surface area contributed by atoms with Crippen LogP contribution in [0.2, 0.25) is 5.02 Å². The van der Waals surface area contributed by atoms with Crippen LogP contribution in [0.1, 0.15) is 29.0 Å². The van der Waals surface area contributed by atoms with E-state index in [0.717, 1.165) is 29.7 Å². The van der Waals surface area contributed by atoms with Gasteiger partial charge in [-0.25, -0.2) is 4.98 Å². The van der Waals surface area contributed by atoms with E-state index in [1.165, 1.54) is 0 Å². The number of hydrogen-bond donors (Lipinski definition) is 2. The van der Waals surface area contributed by atoms with Crippen LogP contribution < -0.4 is 20.1 Å². The van der Waals surface area contributed by atoms with Crippen molar-refractivity contribution in [2.75, 3.05) is 32.6 Å². The van der Waals surface area contributed by atoms with Gasteiger partial charge in [-0.3, -0.25) is 9.20 Å². The van der Waals surface area contributed by atoms with Gasteiger partial charge in [0.2, 0.25) is 5.65 Å². The molecule has 172 valence electrons. The SMILES string of the molecule is COc1cc2nc(NCCCCNC(=O)c3ccccc3Cl)c3nnc(C)n3c2cc1OC. The molecule has 0 fully saturated rings. The molecule has 0 aliphatic carbocycles. The van der Waals surface area contributed by atoms with E-state index in [0.29, 0.717) is 46.6 Å². The molecule has 9 nitrogen and oxygen atoms in total. The summed E-state index contributed by atoms with van der Waals surface area (Å²) in [6.07, 6.45) is 1.62. The molecule has 10 heteroatoms. The molecule has 2 aromatic carbocycles. The number of anilines is 1. The predicted molar refractivity (Wildman–Crippen MR) is 128 cm³/mol. The van der Waals surface area contributed by atoms with Crippen molar-refractivity contribution in [3.63, 3.8) is 0 Å². The lowest BCUT2D eigenvalue weighted by Gasteiger charge is -2.13. The second-order valence-corrected chi connectivity index (χ2v) is 7.84. The first-order valence-electron chi connectivity index (χ1n) is 10.6. The van der Waals surface area contributed by atoms with Crippen LogP contribution in [0.5, 0.6) is 11.5 Å². The minimum atomic E-state index is -0.172. The molecule has 0 unspecified atom stereocenters. The molecule has 0 atom stereocenters. The van der Waals surface area contributed by atoms with Gasteiger partial charge in [0.1, 0.15) is 5.82 Å². The number of amides is 1. The third-order valence-electron chi connectivity index (χ3n) is 5.29. The Morgan fingerprint density at radius 1 is 1.06 bits per heavy atom. The lowest BCUT2D eigenvalue weighted by molar-refractivity contribution is 0.0953. The van der Waals surface area contributed by atoms with Crippen molar-refractivity contribution in [2.24, 2.45) is 0 Å². The number of nitrogens with zero attached hydrogens (tertiary/aromatic N) is 4. The van der Waals surface area contributed by atoms with Gasteiger partial charge in [-0.1, -0.05) is 23.7 Å². The number of aromatic nitrogens is 4. The number of fused-ring (bicyclic) bond motifs is 3. The standard InChI is InChI=1S/C23H25ClN6O3/c1-14-28-29-22-21(27-17-12-19(32-2)20(33-3)13-18(17)30(14)22)25-10-6-7-11-26-23(31)15-8-4-5-9-16(15)24/h4-5,8-9,12-13H,6-7,10-11H2,1-3H3,(H,25,27)(H,26,31). The highest BCUT2D eigenvalue weighted by atomic mass is 35.5. The average Bonchev–Trinajstić information content (AvgIpc) is 3.22. The summed E-state index contributed by atoms with van der Waals surface area (Å²) in [5, 5.41) is 15.2. The maximum Gasteiger partial charge on any atom is 0.252 e. The quantitative estimate of drug-likeness (QED) is 0.359. The fourth-order valence-corrected chi connectivity index (χ4v) is 3.84. The first-order valence-corrected chi connectivity index (χ1v) is 11.0. The Balaban J connectivity index is 1.42. The molecule has 33 heavy (non-hydrogen) atoms. The van der Waals surface area contributed by atoms with E-state index in [1.54, 1.807) is 38.5 Å². The number of aryl methyl sites for hydroxylation is 1. The van der Waals surface area contributed by atoms with Crippen LogP contribution >= 0.6 is 11.6 Å². The van der Waals surface area contributed by atoms with E-state index < -0.39 is 0 Å². The van der Waals surface area contributed by atoms with Crippen molar-refractivity contribution in [3.8, 4) is 11.5 Å². The number of carbonyl (C=O) groups is 1. The molecule has 0 bridgehead atoms. The van der Waals surface area contributed by atoms with E-state index >= 15 is 0 Å². The lowest BCUT2D eigenvalue weighted by atomic mass is 10.2. The van der Waals surface area contributed by atoms with Gasteiger partial charge in [-0.2, -0.15) is 0 Å². The zero-order chi connectivity index (χ0) is 23.4. The normalized spacial score (nSPS) is 11.0. The zero-order valence-electron chi connectivity index (χ0n) is 18.7. The van der Waals surface area contributed by atoms with Gasteiger partial charge in [-0.05, 0) is 31.9 Å². The van der Waals surface area contributed by atoms with Crippen LogP contribution in [-0.2, 0) is 0 Å². The largest absolute Gasteiger partial charge is 0.493 e. The van der Waals surface area contributed by atoms with Crippen LogP contribution in [0, 0.1) is 6.92 Å². The lowest BCUT2D eigenvalue weighted by Crippen LogP contribution is -2.25. The first-order chi connectivity index (χ1) is 16.0. The molecule has 2 heterocycles. The Morgan fingerprint density at radius 2 is 1.79 bits per heavy atom. The molecule has 0 saturated heterocycles. The summed E-state index contributed by atoms with van der Waals surface area (Å²) in [6, 6.07) is 10.7. The molecule has 4 aromatic rings. The number of nitrogens with one attached hydrogen (secondary N) is 2. The Kier molecular flexibility index (Phi) is 6.79. The Morgan fingerprint density at radius 3 is 2.55 bits per heavy atom.